The topological polar surface area (TPSA) is 55.8 Å². The number of rotatable bonds is 8. The van der Waals surface area contributed by atoms with Crippen LogP contribution in [0.15, 0.2) is 30.3 Å². The van der Waals surface area contributed by atoms with Crippen molar-refractivity contribution < 1.29 is 19.4 Å². The Morgan fingerprint density at radius 3 is 2.83 bits per heavy atom. The molecule has 0 aliphatic rings. The lowest BCUT2D eigenvalue weighted by atomic mass is 10.1. The predicted molar refractivity (Wildman–Crippen MR) is 69.3 cm³/mol. The van der Waals surface area contributed by atoms with E-state index in [0.717, 1.165) is 17.2 Å². The highest BCUT2D eigenvalue weighted by molar-refractivity contribution is 5.85. The molecule has 18 heavy (non-hydrogen) atoms. The molecular weight excluding hydrogens is 232 g/mol. The standard InChI is InChI=1S/C14H18O4/c1-2-17-8-9-18-11-13-5-3-4-12(10-13)6-7-14(15)16/h3-7,10H,2,8-9,11H2,1H3,(H,15,16)/b7-6+. The Kier molecular flexibility index (Phi) is 6.76. The minimum atomic E-state index is -0.951. The van der Waals surface area contributed by atoms with Gasteiger partial charge >= 0.3 is 5.97 Å². The highest BCUT2D eigenvalue weighted by Crippen LogP contribution is 2.08. The van der Waals surface area contributed by atoms with Crippen LogP contribution in [0.3, 0.4) is 0 Å². The van der Waals surface area contributed by atoms with Gasteiger partial charge in [0.15, 0.2) is 0 Å². The normalized spacial score (nSPS) is 10.9. The van der Waals surface area contributed by atoms with Crippen molar-refractivity contribution in [3.8, 4) is 0 Å². The first-order valence-electron chi connectivity index (χ1n) is 5.88. The fraction of sp³-hybridized carbons (Fsp3) is 0.357. The zero-order valence-electron chi connectivity index (χ0n) is 10.5. The van der Waals surface area contributed by atoms with Crippen molar-refractivity contribution in [2.24, 2.45) is 0 Å². The van der Waals surface area contributed by atoms with Gasteiger partial charge in [0.1, 0.15) is 0 Å². The van der Waals surface area contributed by atoms with Gasteiger partial charge in [-0.1, -0.05) is 18.2 Å². The largest absolute Gasteiger partial charge is 0.478 e. The summed E-state index contributed by atoms with van der Waals surface area (Å²) in [5.41, 5.74) is 1.86. The Bertz CT molecular complexity index is 399. The maximum absolute atomic E-state index is 10.4. The highest BCUT2D eigenvalue weighted by Gasteiger charge is 1.95. The van der Waals surface area contributed by atoms with Crippen LogP contribution < -0.4 is 0 Å². The predicted octanol–water partition coefficient (Wildman–Crippen LogP) is 2.34. The zero-order chi connectivity index (χ0) is 13.2. The summed E-state index contributed by atoms with van der Waals surface area (Å²) < 4.78 is 10.6. The second-order valence-corrected chi connectivity index (χ2v) is 3.67. The Labute approximate surface area is 107 Å². The molecule has 0 aromatic heterocycles. The lowest BCUT2D eigenvalue weighted by Crippen LogP contribution is -2.03. The van der Waals surface area contributed by atoms with Crippen LogP contribution >= 0.6 is 0 Å². The maximum atomic E-state index is 10.4. The van der Waals surface area contributed by atoms with Gasteiger partial charge in [-0.3, -0.25) is 0 Å². The molecule has 0 aliphatic heterocycles. The molecular formula is C14H18O4. The molecule has 0 fully saturated rings. The summed E-state index contributed by atoms with van der Waals surface area (Å²) in [4.78, 5) is 10.4. The van der Waals surface area contributed by atoms with E-state index < -0.39 is 5.97 Å². The van der Waals surface area contributed by atoms with Crippen LogP contribution in [0.4, 0.5) is 0 Å². The third-order valence-electron chi connectivity index (χ3n) is 2.21. The van der Waals surface area contributed by atoms with Crippen LogP contribution in [0.1, 0.15) is 18.1 Å². The third-order valence-corrected chi connectivity index (χ3v) is 2.21. The molecule has 0 aliphatic carbocycles. The van der Waals surface area contributed by atoms with E-state index in [9.17, 15) is 4.79 Å². The molecule has 98 valence electrons. The average molecular weight is 250 g/mol. The van der Waals surface area contributed by atoms with Crippen molar-refractivity contribution in [1.82, 2.24) is 0 Å². The van der Waals surface area contributed by atoms with E-state index in [1.807, 2.05) is 31.2 Å². The molecule has 0 saturated carbocycles. The summed E-state index contributed by atoms with van der Waals surface area (Å²) in [5, 5.41) is 8.54. The van der Waals surface area contributed by atoms with Crippen molar-refractivity contribution in [1.29, 1.82) is 0 Å². The Morgan fingerprint density at radius 1 is 1.33 bits per heavy atom. The lowest BCUT2D eigenvalue weighted by Gasteiger charge is -2.05. The maximum Gasteiger partial charge on any atom is 0.328 e. The van der Waals surface area contributed by atoms with Crippen LogP contribution in [0.5, 0.6) is 0 Å². The molecule has 0 atom stereocenters. The van der Waals surface area contributed by atoms with Gasteiger partial charge in [0.25, 0.3) is 0 Å². The number of aliphatic carboxylic acids is 1. The van der Waals surface area contributed by atoms with Crippen molar-refractivity contribution >= 4 is 12.0 Å². The van der Waals surface area contributed by atoms with E-state index in [1.165, 1.54) is 0 Å². The number of carboxylic acid groups (broad SMARTS) is 1. The first-order valence-corrected chi connectivity index (χ1v) is 5.88. The number of hydrogen-bond acceptors (Lipinski definition) is 3. The molecule has 0 heterocycles. The number of benzene rings is 1. The molecule has 0 radical (unpaired) electrons. The molecule has 1 rings (SSSR count). The summed E-state index contributed by atoms with van der Waals surface area (Å²) in [6.45, 7) is 4.29. The summed E-state index contributed by atoms with van der Waals surface area (Å²) in [5.74, 6) is -0.951. The van der Waals surface area contributed by atoms with Crippen molar-refractivity contribution in [2.45, 2.75) is 13.5 Å². The summed E-state index contributed by atoms with van der Waals surface area (Å²) in [7, 11) is 0. The minimum absolute atomic E-state index is 0.502. The highest BCUT2D eigenvalue weighted by atomic mass is 16.5. The molecule has 0 unspecified atom stereocenters. The van der Waals surface area contributed by atoms with Crippen LogP contribution in [0.25, 0.3) is 6.08 Å². The van der Waals surface area contributed by atoms with Gasteiger partial charge in [-0.15, -0.1) is 0 Å². The van der Waals surface area contributed by atoms with Gasteiger partial charge in [-0.2, -0.15) is 0 Å². The lowest BCUT2D eigenvalue weighted by molar-refractivity contribution is -0.131. The SMILES string of the molecule is CCOCCOCc1cccc(/C=C/C(=O)O)c1. The van der Waals surface area contributed by atoms with Crippen LogP contribution in [-0.4, -0.2) is 30.9 Å². The molecule has 0 amide bonds. The molecule has 4 nitrogen and oxygen atoms in total. The van der Waals surface area contributed by atoms with Crippen LogP contribution in [-0.2, 0) is 20.9 Å². The minimum Gasteiger partial charge on any atom is -0.478 e. The zero-order valence-corrected chi connectivity index (χ0v) is 10.5. The van der Waals surface area contributed by atoms with E-state index in [2.05, 4.69) is 0 Å². The van der Waals surface area contributed by atoms with Crippen molar-refractivity contribution in [3.05, 3.63) is 41.5 Å². The molecule has 4 heteroatoms. The molecule has 0 spiro atoms. The van der Waals surface area contributed by atoms with Gasteiger partial charge in [-0.05, 0) is 30.2 Å². The van der Waals surface area contributed by atoms with Gasteiger partial charge in [0.05, 0.1) is 19.8 Å². The second-order valence-electron chi connectivity index (χ2n) is 3.67. The first kappa shape index (κ1) is 14.4. The van der Waals surface area contributed by atoms with E-state index in [1.54, 1.807) is 6.08 Å². The van der Waals surface area contributed by atoms with Crippen LogP contribution in [0.2, 0.25) is 0 Å². The number of hydrogen-bond donors (Lipinski definition) is 1. The van der Waals surface area contributed by atoms with E-state index in [-0.39, 0.29) is 0 Å². The Balaban J connectivity index is 2.42. The molecule has 1 aromatic rings. The van der Waals surface area contributed by atoms with Crippen molar-refractivity contribution in [2.75, 3.05) is 19.8 Å². The fourth-order valence-corrected chi connectivity index (χ4v) is 1.41. The molecule has 0 saturated heterocycles. The molecule has 1 N–H and O–H groups in total. The molecule has 1 aromatic carbocycles. The number of carbonyl (C=O) groups is 1. The molecule has 0 bridgehead atoms. The number of ether oxygens (including phenoxy) is 2. The van der Waals surface area contributed by atoms with E-state index >= 15 is 0 Å². The summed E-state index contributed by atoms with van der Waals surface area (Å²) in [6.07, 6.45) is 2.68. The third kappa shape index (κ3) is 6.18. The monoisotopic (exact) mass is 250 g/mol. The van der Waals surface area contributed by atoms with Gasteiger partial charge in [-0.25, -0.2) is 4.79 Å². The Hall–Kier alpha value is -1.65. The van der Waals surface area contributed by atoms with E-state index in [4.69, 9.17) is 14.6 Å². The first-order chi connectivity index (χ1) is 8.72. The average Bonchev–Trinajstić information content (AvgIpc) is 2.37. The second kappa shape index (κ2) is 8.44. The van der Waals surface area contributed by atoms with Gasteiger partial charge in [0, 0.05) is 12.7 Å². The number of carboxylic acids is 1. The summed E-state index contributed by atoms with van der Waals surface area (Å²) in [6, 6.07) is 7.57. The fourth-order valence-electron chi connectivity index (χ4n) is 1.41. The Morgan fingerprint density at radius 2 is 2.11 bits per heavy atom. The van der Waals surface area contributed by atoms with Gasteiger partial charge < -0.3 is 14.6 Å². The smallest absolute Gasteiger partial charge is 0.328 e. The quantitative estimate of drug-likeness (QED) is 0.568. The van der Waals surface area contributed by atoms with Gasteiger partial charge in [0.2, 0.25) is 0 Å². The van der Waals surface area contributed by atoms with Crippen molar-refractivity contribution in [3.63, 3.8) is 0 Å². The van der Waals surface area contributed by atoms with Crippen LogP contribution in [0, 0.1) is 0 Å². The van der Waals surface area contributed by atoms with E-state index in [0.29, 0.717) is 26.4 Å². The summed E-state index contributed by atoms with van der Waals surface area (Å²) >= 11 is 0.